The van der Waals surface area contributed by atoms with Crippen LogP contribution < -0.4 is 11.1 Å². The molecule has 0 saturated carbocycles. The van der Waals surface area contributed by atoms with Crippen LogP contribution in [-0.2, 0) is 6.42 Å². The Morgan fingerprint density at radius 2 is 2.33 bits per heavy atom. The van der Waals surface area contributed by atoms with E-state index in [9.17, 15) is 0 Å². The predicted molar refractivity (Wildman–Crippen MR) is 63.0 cm³/mol. The molecule has 0 bridgehead atoms. The molecule has 0 atom stereocenters. The first-order valence-corrected chi connectivity index (χ1v) is 5.62. The van der Waals surface area contributed by atoms with Gasteiger partial charge in [-0.05, 0) is 12.1 Å². The number of nitrogens with one attached hydrogen (secondary N) is 1. The highest BCUT2D eigenvalue weighted by molar-refractivity contribution is 7.07. The van der Waals surface area contributed by atoms with Crippen LogP contribution >= 0.6 is 11.3 Å². The van der Waals surface area contributed by atoms with E-state index in [1.54, 1.807) is 17.5 Å². The summed E-state index contributed by atoms with van der Waals surface area (Å²) in [5.74, 6) is 0.743. The van der Waals surface area contributed by atoms with Gasteiger partial charge in [0.05, 0.1) is 16.9 Å². The van der Waals surface area contributed by atoms with E-state index < -0.39 is 0 Å². The monoisotopic (exact) mass is 220 g/mol. The zero-order valence-corrected chi connectivity index (χ0v) is 9.00. The van der Waals surface area contributed by atoms with Gasteiger partial charge < -0.3 is 11.1 Å². The minimum atomic E-state index is 0.677. The van der Waals surface area contributed by atoms with Crippen molar-refractivity contribution in [3.63, 3.8) is 0 Å². The Labute approximate surface area is 92.2 Å². The number of anilines is 2. The second-order valence-corrected chi connectivity index (χ2v) is 3.82. The van der Waals surface area contributed by atoms with Crippen LogP contribution in [0.4, 0.5) is 11.5 Å². The molecular formula is C10H12N4S. The van der Waals surface area contributed by atoms with Crippen molar-refractivity contribution in [1.29, 1.82) is 0 Å². The molecule has 78 valence electrons. The molecule has 0 unspecified atom stereocenters. The van der Waals surface area contributed by atoms with E-state index in [-0.39, 0.29) is 0 Å². The topological polar surface area (TPSA) is 63.8 Å². The van der Waals surface area contributed by atoms with Gasteiger partial charge in [-0.15, -0.1) is 11.3 Å². The van der Waals surface area contributed by atoms with Gasteiger partial charge >= 0.3 is 0 Å². The largest absolute Gasteiger partial charge is 0.396 e. The molecule has 0 aliphatic carbocycles. The van der Waals surface area contributed by atoms with E-state index in [1.165, 1.54) is 0 Å². The zero-order valence-electron chi connectivity index (χ0n) is 8.18. The van der Waals surface area contributed by atoms with E-state index in [2.05, 4.69) is 15.3 Å². The number of nitrogens with two attached hydrogens (primary N) is 1. The molecule has 2 aromatic rings. The maximum absolute atomic E-state index is 5.74. The first-order valence-electron chi connectivity index (χ1n) is 4.67. The van der Waals surface area contributed by atoms with Crippen molar-refractivity contribution in [2.75, 3.05) is 17.6 Å². The number of rotatable bonds is 4. The summed E-state index contributed by atoms with van der Waals surface area (Å²) in [6.45, 7) is 0.797. The Balaban J connectivity index is 1.86. The van der Waals surface area contributed by atoms with Crippen molar-refractivity contribution >= 4 is 22.8 Å². The second kappa shape index (κ2) is 4.75. The van der Waals surface area contributed by atoms with Gasteiger partial charge in [0.1, 0.15) is 5.82 Å². The number of thiazole rings is 1. The molecule has 2 aromatic heterocycles. The third-order valence-electron chi connectivity index (χ3n) is 2.00. The maximum Gasteiger partial charge on any atom is 0.149 e. The Hall–Kier alpha value is -1.62. The molecule has 0 aliphatic rings. The molecule has 0 saturated heterocycles. The highest BCUT2D eigenvalue weighted by Crippen LogP contribution is 2.12. The second-order valence-electron chi connectivity index (χ2n) is 3.10. The molecule has 0 aromatic carbocycles. The van der Waals surface area contributed by atoms with Crippen LogP contribution in [-0.4, -0.2) is 16.5 Å². The van der Waals surface area contributed by atoms with Crippen LogP contribution in [0.15, 0.2) is 29.2 Å². The molecular weight excluding hydrogens is 208 g/mol. The van der Waals surface area contributed by atoms with Crippen LogP contribution in [0.5, 0.6) is 0 Å². The number of nitrogen functional groups attached to an aromatic ring is 1. The summed E-state index contributed by atoms with van der Waals surface area (Å²) in [6, 6.07) is 3.65. The molecule has 0 radical (unpaired) electrons. The van der Waals surface area contributed by atoms with Crippen molar-refractivity contribution in [2.24, 2.45) is 0 Å². The number of aromatic nitrogens is 2. The fraction of sp³-hybridized carbons (Fsp3) is 0.200. The molecule has 5 heteroatoms. The quantitative estimate of drug-likeness (QED) is 0.824. The molecule has 0 amide bonds. The Morgan fingerprint density at radius 3 is 3.07 bits per heavy atom. The van der Waals surface area contributed by atoms with Gasteiger partial charge in [-0.2, -0.15) is 0 Å². The van der Waals surface area contributed by atoms with Crippen LogP contribution in [0.3, 0.4) is 0 Å². The van der Waals surface area contributed by atoms with Gasteiger partial charge in [-0.25, -0.2) is 9.97 Å². The van der Waals surface area contributed by atoms with Crippen molar-refractivity contribution in [1.82, 2.24) is 9.97 Å². The highest BCUT2D eigenvalue weighted by Gasteiger charge is 1.99. The maximum atomic E-state index is 5.74. The number of hydrogen-bond acceptors (Lipinski definition) is 5. The fourth-order valence-electron chi connectivity index (χ4n) is 1.24. The molecule has 15 heavy (non-hydrogen) atoms. The normalized spacial score (nSPS) is 10.1. The van der Waals surface area contributed by atoms with Gasteiger partial charge in [0.2, 0.25) is 0 Å². The summed E-state index contributed by atoms with van der Waals surface area (Å²) in [5.41, 5.74) is 9.35. The molecule has 4 nitrogen and oxygen atoms in total. The average Bonchev–Trinajstić information content (AvgIpc) is 2.74. The van der Waals surface area contributed by atoms with Crippen LogP contribution in [0.25, 0.3) is 0 Å². The van der Waals surface area contributed by atoms with Gasteiger partial charge in [0.25, 0.3) is 0 Å². The lowest BCUT2D eigenvalue weighted by Gasteiger charge is -2.06. The van der Waals surface area contributed by atoms with Crippen molar-refractivity contribution < 1.29 is 0 Å². The summed E-state index contributed by atoms with van der Waals surface area (Å²) in [4.78, 5) is 8.34. The highest BCUT2D eigenvalue weighted by atomic mass is 32.1. The Bertz CT molecular complexity index is 413. The smallest absolute Gasteiger partial charge is 0.149 e. The summed E-state index contributed by atoms with van der Waals surface area (Å²) in [5, 5.41) is 5.22. The Kier molecular flexibility index (Phi) is 3.14. The van der Waals surface area contributed by atoms with E-state index in [0.29, 0.717) is 5.69 Å². The van der Waals surface area contributed by atoms with E-state index in [1.807, 2.05) is 23.0 Å². The van der Waals surface area contributed by atoms with E-state index >= 15 is 0 Å². The minimum absolute atomic E-state index is 0.677. The lowest BCUT2D eigenvalue weighted by atomic mass is 10.3. The van der Waals surface area contributed by atoms with Gasteiger partial charge in [-0.1, -0.05) is 0 Å². The molecule has 2 heterocycles. The van der Waals surface area contributed by atoms with Crippen molar-refractivity contribution in [2.45, 2.75) is 6.42 Å². The van der Waals surface area contributed by atoms with Gasteiger partial charge in [-0.3, -0.25) is 0 Å². The fourth-order valence-corrected chi connectivity index (χ4v) is 1.83. The first-order chi connectivity index (χ1) is 7.36. The van der Waals surface area contributed by atoms with Crippen LogP contribution in [0, 0.1) is 0 Å². The predicted octanol–water partition coefficient (Wildman–Crippen LogP) is 1.77. The number of pyridine rings is 1. The molecule has 0 spiro atoms. The van der Waals surface area contributed by atoms with E-state index in [4.69, 9.17) is 5.73 Å². The van der Waals surface area contributed by atoms with Crippen molar-refractivity contribution in [3.05, 3.63) is 34.9 Å². The van der Waals surface area contributed by atoms with Crippen LogP contribution in [0.1, 0.15) is 5.69 Å². The first kappa shape index (κ1) is 9.92. The SMILES string of the molecule is Nc1cccnc1NCCc1cscn1. The molecule has 3 N–H and O–H groups in total. The summed E-state index contributed by atoms with van der Waals surface area (Å²) in [7, 11) is 0. The van der Waals surface area contributed by atoms with E-state index in [0.717, 1.165) is 24.5 Å². The minimum Gasteiger partial charge on any atom is -0.396 e. The Morgan fingerprint density at radius 1 is 1.40 bits per heavy atom. The summed E-state index contributed by atoms with van der Waals surface area (Å²) >= 11 is 1.61. The molecule has 0 fully saturated rings. The summed E-state index contributed by atoms with van der Waals surface area (Å²) in [6.07, 6.45) is 2.61. The molecule has 2 rings (SSSR count). The zero-order chi connectivity index (χ0) is 10.5. The van der Waals surface area contributed by atoms with Crippen molar-refractivity contribution in [3.8, 4) is 0 Å². The third kappa shape index (κ3) is 2.66. The lowest BCUT2D eigenvalue weighted by molar-refractivity contribution is 0.969. The molecule has 0 aliphatic heterocycles. The lowest BCUT2D eigenvalue weighted by Crippen LogP contribution is -2.08. The number of hydrogen-bond donors (Lipinski definition) is 2. The van der Waals surface area contributed by atoms with Crippen LogP contribution in [0.2, 0.25) is 0 Å². The van der Waals surface area contributed by atoms with Gasteiger partial charge in [0, 0.05) is 24.5 Å². The standard InChI is InChI=1S/C10H12N4S/c11-9-2-1-4-12-10(9)13-5-3-8-6-15-7-14-8/h1-2,4,6-7H,3,5,11H2,(H,12,13). The van der Waals surface area contributed by atoms with Gasteiger partial charge in [0.15, 0.2) is 0 Å². The number of nitrogens with zero attached hydrogens (tertiary/aromatic N) is 2. The summed E-state index contributed by atoms with van der Waals surface area (Å²) < 4.78 is 0. The average molecular weight is 220 g/mol. The third-order valence-corrected chi connectivity index (χ3v) is 2.63.